The fourth-order valence-electron chi connectivity index (χ4n) is 1.63. The monoisotopic (exact) mass is 255 g/mol. The molecule has 0 spiro atoms. The third-order valence-corrected chi connectivity index (χ3v) is 2.86. The molecule has 0 aromatic carbocycles. The maximum absolute atomic E-state index is 6.10. The van der Waals surface area contributed by atoms with E-state index < -0.39 is 0 Å². The lowest BCUT2D eigenvalue weighted by Gasteiger charge is -2.23. The SMILES string of the molecule is CCCC(OCC)c1noc([C@H](N)C(C)(C)C)n1. The number of nitrogens with two attached hydrogens (primary N) is 1. The molecule has 0 radical (unpaired) electrons. The highest BCUT2D eigenvalue weighted by atomic mass is 16.5. The summed E-state index contributed by atoms with van der Waals surface area (Å²) in [7, 11) is 0. The van der Waals surface area contributed by atoms with Crippen LogP contribution in [-0.2, 0) is 4.74 Å². The van der Waals surface area contributed by atoms with E-state index in [0.29, 0.717) is 18.3 Å². The van der Waals surface area contributed by atoms with Crippen LogP contribution in [0.3, 0.4) is 0 Å². The zero-order valence-corrected chi connectivity index (χ0v) is 12.1. The van der Waals surface area contributed by atoms with Gasteiger partial charge < -0.3 is 15.0 Å². The van der Waals surface area contributed by atoms with Crippen molar-refractivity contribution in [3.05, 3.63) is 11.7 Å². The fraction of sp³-hybridized carbons (Fsp3) is 0.846. The van der Waals surface area contributed by atoms with Crippen molar-refractivity contribution in [3.8, 4) is 0 Å². The molecule has 0 aliphatic carbocycles. The standard InChI is InChI=1S/C13H25N3O2/c1-6-8-9(17-7-2)11-15-12(18-16-11)10(14)13(3,4)5/h9-10H,6-8,14H2,1-5H3/t9?,10-/m0/s1. The van der Waals surface area contributed by atoms with Crippen molar-refractivity contribution in [2.24, 2.45) is 11.1 Å². The van der Waals surface area contributed by atoms with E-state index in [1.54, 1.807) is 0 Å². The quantitative estimate of drug-likeness (QED) is 0.845. The minimum atomic E-state index is -0.261. The van der Waals surface area contributed by atoms with Crippen LogP contribution < -0.4 is 5.73 Å². The molecular formula is C13H25N3O2. The Bertz CT molecular complexity index is 351. The number of aromatic nitrogens is 2. The van der Waals surface area contributed by atoms with Crippen LogP contribution in [0.25, 0.3) is 0 Å². The third-order valence-electron chi connectivity index (χ3n) is 2.86. The Morgan fingerprint density at radius 2 is 2.00 bits per heavy atom. The van der Waals surface area contributed by atoms with Gasteiger partial charge in [-0.2, -0.15) is 4.98 Å². The van der Waals surface area contributed by atoms with E-state index >= 15 is 0 Å². The number of hydrogen-bond donors (Lipinski definition) is 1. The van der Waals surface area contributed by atoms with Gasteiger partial charge in [-0.3, -0.25) is 0 Å². The normalized spacial score (nSPS) is 15.7. The first kappa shape index (κ1) is 15.1. The first-order valence-corrected chi connectivity index (χ1v) is 6.60. The number of rotatable bonds is 6. The van der Waals surface area contributed by atoms with Crippen LogP contribution in [0.2, 0.25) is 0 Å². The molecule has 18 heavy (non-hydrogen) atoms. The molecule has 1 aromatic rings. The van der Waals surface area contributed by atoms with Gasteiger partial charge in [-0.15, -0.1) is 0 Å². The highest BCUT2D eigenvalue weighted by Crippen LogP contribution is 2.30. The van der Waals surface area contributed by atoms with Crippen LogP contribution in [0.4, 0.5) is 0 Å². The molecule has 5 nitrogen and oxygen atoms in total. The average molecular weight is 255 g/mol. The van der Waals surface area contributed by atoms with Crippen molar-refractivity contribution in [1.82, 2.24) is 10.1 Å². The summed E-state index contributed by atoms with van der Waals surface area (Å²) in [5, 5.41) is 4.00. The van der Waals surface area contributed by atoms with Gasteiger partial charge in [0, 0.05) is 6.61 Å². The van der Waals surface area contributed by atoms with Gasteiger partial charge in [0.1, 0.15) is 6.10 Å². The molecule has 0 aliphatic rings. The molecule has 2 atom stereocenters. The molecule has 104 valence electrons. The topological polar surface area (TPSA) is 74.2 Å². The Kier molecular flexibility index (Phi) is 5.28. The number of nitrogens with zero attached hydrogens (tertiary/aromatic N) is 2. The lowest BCUT2D eigenvalue weighted by molar-refractivity contribution is 0.0477. The summed E-state index contributed by atoms with van der Waals surface area (Å²) in [5.74, 6) is 1.09. The third kappa shape index (κ3) is 3.78. The molecule has 1 unspecified atom stereocenters. The second-order valence-electron chi connectivity index (χ2n) is 5.57. The summed E-state index contributed by atoms with van der Waals surface area (Å²) < 4.78 is 10.9. The minimum Gasteiger partial charge on any atom is -0.370 e. The molecule has 0 saturated heterocycles. The lowest BCUT2D eigenvalue weighted by atomic mass is 9.87. The van der Waals surface area contributed by atoms with E-state index in [1.807, 2.05) is 27.7 Å². The molecular weight excluding hydrogens is 230 g/mol. The highest BCUT2D eigenvalue weighted by Gasteiger charge is 2.29. The maximum atomic E-state index is 6.10. The minimum absolute atomic E-state index is 0.0929. The Morgan fingerprint density at radius 1 is 1.33 bits per heavy atom. The Hall–Kier alpha value is -0.940. The van der Waals surface area contributed by atoms with Gasteiger partial charge in [0.2, 0.25) is 11.7 Å². The average Bonchev–Trinajstić information content (AvgIpc) is 2.75. The van der Waals surface area contributed by atoms with Crippen molar-refractivity contribution >= 4 is 0 Å². The van der Waals surface area contributed by atoms with Crippen LogP contribution in [0.15, 0.2) is 4.52 Å². The summed E-state index contributed by atoms with van der Waals surface area (Å²) in [6, 6.07) is -0.261. The predicted octanol–water partition coefficient (Wildman–Crippen LogP) is 2.99. The first-order chi connectivity index (χ1) is 8.40. The fourth-order valence-corrected chi connectivity index (χ4v) is 1.63. The Balaban J connectivity index is 2.83. The van der Waals surface area contributed by atoms with E-state index in [2.05, 4.69) is 17.1 Å². The van der Waals surface area contributed by atoms with Crippen LogP contribution in [-0.4, -0.2) is 16.7 Å². The van der Waals surface area contributed by atoms with Crippen molar-refractivity contribution < 1.29 is 9.26 Å². The van der Waals surface area contributed by atoms with Crippen LogP contribution >= 0.6 is 0 Å². The van der Waals surface area contributed by atoms with E-state index in [1.165, 1.54) is 0 Å². The molecule has 0 bridgehead atoms. The number of ether oxygens (including phenoxy) is 1. The zero-order valence-electron chi connectivity index (χ0n) is 12.1. The molecule has 0 saturated carbocycles. The predicted molar refractivity (Wildman–Crippen MR) is 70.0 cm³/mol. The largest absolute Gasteiger partial charge is 0.370 e. The first-order valence-electron chi connectivity index (χ1n) is 6.60. The molecule has 0 amide bonds. The number of hydrogen-bond acceptors (Lipinski definition) is 5. The smallest absolute Gasteiger partial charge is 0.244 e. The van der Waals surface area contributed by atoms with E-state index in [-0.39, 0.29) is 17.6 Å². The molecule has 1 rings (SSSR count). The van der Waals surface area contributed by atoms with Gasteiger partial charge in [0.05, 0.1) is 6.04 Å². The summed E-state index contributed by atoms with van der Waals surface area (Å²) in [4.78, 5) is 4.39. The van der Waals surface area contributed by atoms with Crippen molar-refractivity contribution in [3.63, 3.8) is 0 Å². The Labute approximate surface area is 109 Å². The van der Waals surface area contributed by atoms with Crippen LogP contribution in [0.5, 0.6) is 0 Å². The summed E-state index contributed by atoms with van der Waals surface area (Å²) in [6.07, 6.45) is 1.81. The Morgan fingerprint density at radius 3 is 2.50 bits per heavy atom. The summed E-state index contributed by atoms with van der Waals surface area (Å²) >= 11 is 0. The van der Waals surface area contributed by atoms with Gasteiger partial charge in [-0.05, 0) is 18.8 Å². The lowest BCUT2D eigenvalue weighted by Crippen LogP contribution is -2.26. The van der Waals surface area contributed by atoms with Gasteiger partial charge in [0.15, 0.2) is 0 Å². The van der Waals surface area contributed by atoms with Crippen molar-refractivity contribution in [1.29, 1.82) is 0 Å². The molecule has 0 fully saturated rings. The second kappa shape index (κ2) is 6.29. The summed E-state index contributed by atoms with van der Waals surface area (Å²) in [6.45, 7) is 10.9. The second-order valence-corrected chi connectivity index (χ2v) is 5.57. The van der Waals surface area contributed by atoms with Gasteiger partial charge in [-0.25, -0.2) is 0 Å². The highest BCUT2D eigenvalue weighted by molar-refractivity contribution is 4.98. The molecule has 5 heteroatoms. The molecule has 1 heterocycles. The van der Waals surface area contributed by atoms with E-state index in [0.717, 1.165) is 12.8 Å². The van der Waals surface area contributed by atoms with Crippen LogP contribution in [0, 0.1) is 5.41 Å². The molecule has 2 N–H and O–H groups in total. The van der Waals surface area contributed by atoms with Gasteiger partial charge in [0.25, 0.3) is 0 Å². The maximum Gasteiger partial charge on any atom is 0.244 e. The van der Waals surface area contributed by atoms with E-state index in [4.69, 9.17) is 15.0 Å². The van der Waals surface area contributed by atoms with Crippen molar-refractivity contribution in [2.75, 3.05) is 6.61 Å². The van der Waals surface area contributed by atoms with Crippen molar-refractivity contribution in [2.45, 2.75) is 59.6 Å². The molecule has 0 aliphatic heterocycles. The zero-order chi connectivity index (χ0) is 13.8. The van der Waals surface area contributed by atoms with Crippen LogP contribution in [0.1, 0.15) is 71.3 Å². The van der Waals surface area contributed by atoms with Gasteiger partial charge >= 0.3 is 0 Å². The van der Waals surface area contributed by atoms with E-state index in [9.17, 15) is 0 Å². The molecule has 1 aromatic heterocycles. The van der Waals surface area contributed by atoms with Gasteiger partial charge in [-0.1, -0.05) is 39.3 Å². The summed E-state index contributed by atoms with van der Waals surface area (Å²) in [5.41, 5.74) is 5.99.